The first-order chi connectivity index (χ1) is 8.40. The molecular weight excluding hydrogens is 247 g/mol. The van der Waals surface area contributed by atoms with Gasteiger partial charge in [-0.2, -0.15) is 13.2 Å². The molecular formula is C12H14F3NO2. The summed E-state index contributed by atoms with van der Waals surface area (Å²) >= 11 is 0. The van der Waals surface area contributed by atoms with Crippen LogP contribution in [0.3, 0.4) is 0 Å². The first-order valence-corrected chi connectivity index (χ1v) is 5.48. The first kappa shape index (κ1) is 14.5. The first-order valence-electron chi connectivity index (χ1n) is 5.48. The highest BCUT2D eigenvalue weighted by Crippen LogP contribution is 2.21. The number of nitrogens with one attached hydrogen (secondary N) is 1. The monoisotopic (exact) mass is 261 g/mol. The van der Waals surface area contributed by atoms with Crippen molar-refractivity contribution >= 4 is 5.97 Å². The van der Waals surface area contributed by atoms with Crippen LogP contribution in [0.4, 0.5) is 13.2 Å². The van der Waals surface area contributed by atoms with Gasteiger partial charge in [0.2, 0.25) is 0 Å². The number of carboxylic acid groups (broad SMARTS) is 1. The molecule has 1 rings (SSSR count). The second kappa shape index (κ2) is 6.39. The van der Waals surface area contributed by atoms with E-state index < -0.39 is 24.6 Å². The normalized spacial score (nSPS) is 13.3. The van der Waals surface area contributed by atoms with Gasteiger partial charge in [0.25, 0.3) is 0 Å². The van der Waals surface area contributed by atoms with Crippen LogP contribution in [0.2, 0.25) is 0 Å². The largest absolute Gasteiger partial charge is 0.480 e. The topological polar surface area (TPSA) is 49.3 Å². The second-order valence-corrected chi connectivity index (χ2v) is 3.85. The summed E-state index contributed by atoms with van der Waals surface area (Å²) in [4.78, 5) is 11.0. The average Bonchev–Trinajstić information content (AvgIpc) is 2.28. The standard InChI is InChI=1S/C12H14F3NO2/c13-12(14,15)7-4-8-16-10(11(17)18)9-5-2-1-3-6-9/h1-3,5-6,10,16H,4,7-8H2,(H,17,18). The van der Waals surface area contributed by atoms with Gasteiger partial charge in [0.05, 0.1) is 0 Å². The molecule has 0 aliphatic carbocycles. The van der Waals surface area contributed by atoms with E-state index in [-0.39, 0.29) is 13.0 Å². The van der Waals surface area contributed by atoms with Crippen molar-refractivity contribution in [2.24, 2.45) is 0 Å². The lowest BCUT2D eigenvalue weighted by Crippen LogP contribution is -2.29. The molecule has 0 radical (unpaired) electrons. The third-order valence-corrected chi connectivity index (χ3v) is 2.37. The molecule has 0 saturated heterocycles. The van der Waals surface area contributed by atoms with Crippen molar-refractivity contribution in [3.63, 3.8) is 0 Å². The van der Waals surface area contributed by atoms with Crippen LogP contribution in [0.25, 0.3) is 0 Å². The van der Waals surface area contributed by atoms with Gasteiger partial charge in [-0.1, -0.05) is 30.3 Å². The van der Waals surface area contributed by atoms with Gasteiger partial charge in [-0.05, 0) is 18.5 Å². The van der Waals surface area contributed by atoms with Crippen LogP contribution in [-0.4, -0.2) is 23.8 Å². The highest BCUT2D eigenvalue weighted by atomic mass is 19.4. The minimum Gasteiger partial charge on any atom is -0.480 e. The van der Waals surface area contributed by atoms with E-state index in [1.165, 1.54) is 0 Å². The molecule has 6 heteroatoms. The van der Waals surface area contributed by atoms with E-state index in [1.54, 1.807) is 30.3 Å². The number of halogens is 3. The fourth-order valence-electron chi connectivity index (χ4n) is 1.53. The van der Waals surface area contributed by atoms with Crippen LogP contribution in [0.5, 0.6) is 0 Å². The van der Waals surface area contributed by atoms with Crippen molar-refractivity contribution in [3.05, 3.63) is 35.9 Å². The van der Waals surface area contributed by atoms with E-state index in [0.29, 0.717) is 5.56 Å². The van der Waals surface area contributed by atoms with E-state index in [0.717, 1.165) is 0 Å². The predicted octanol–water partition coefficient (Wildman–Crippen LogP) is 2.74. The molecule has 1 aromatic rings. The number of alkyl halides is 3. The van der Waals surface area contributed by atoms with Crippen molar-refractivity contribution in [2.75, 3.05) is 6.54 Å². The summed E-state index contributed by atoms with van der Waals surface area (Å²) in [6.45, 7) is 0.00533. The van der Waals surface area contributed by atoms with Crippen LogP contribution in [0.1, 0.15) is 24.4 Å². The maximum atomic E-state index is 11.9. The zero-order valence-corrected chi connectivity index (χ0v) is 9.57. The summed E-state index contributed by atoms with van der Waals surface area (Å²) in [7, 11) is 0. The molecule has 0 spiro atoms. The van der Waals surface area contributed by atoms with Gasteiger partial charge in [-0.15, -0.1) is 0 Å². The molecule has 0 aromatic heterocycles. The molecule has 1 unspecified atom stereocenters. The van der Waals surface area contributed by atoms with Crippen LogP contribution in [-0.2, 0) is 4.79 Å². The number of hydrogen-bond donors (Lipinski definition) is 2. The molecule has 0 aliphatic heterocycles. The summed E-state index contributed by atoms with van der Waals surface area (Å²) in [6, 6.07) is 7.38. The summed E-state index contributed by atoms with van der Waals surface area (Å²) in [5.74, 6) is -1.10. The fourth-order valence-corrected chi connectivity index (χ4v) is 1.53. The zero-order valence-electron chi connectivity index (χ0n) is 9.57. The third kappa shape index (κ3) is 5.18. The van der Waals surface area contributed by atoms with Gasteiger partial charge in [0.1, 0.15) is 6.04 Å². The minimum atomic E-state index is -4.20. The average molecular weight is 261 g/mol. The Morgan fingerprint density at radius 3 is 2.39 bits per heavy atom. The number of benzene rings is 1. The Labute approximate surface area is 103 Å². The van der Waals surface area contributed by atoms with Crippen molar-refractivity contribution in [3.8, 4) is 0 Å². The lowest BCUT2D eigenvalue weighted by molar-refractivity contribution is -0.139. The number of rotatable bonds is 6. The molecule has 0 saturated carbocycles. The molecule has 3 nitrogen and oxygen atoms in total. The lowest BCUT2D eigenvalue weighted by atomic mass is 10.1. The molecule has 100 valence electrons. The van der Waals surface area contributed by atoms with Crippen LogP contribution >= 0.6 is 0 Å². The molecule has 2 N–H and O–H groups in total. The smallest absolute Gasteiger partial charge is 0.389 e. The highest BCUT2D eigenvalue weighted by molar-refractivity contribution is 5.75. The van der Waals surface area contributed by atoms with E-state index in [9.17, 15) is 18.0 Å². The van der Waals surface area contributed by atoms with E-state index in [2.05, 4.69) is 5.32 Å². The lowest BCUT2D eigenvalue weighted by Gasteiger charge is -2.15. The molecule has 0 aliphatic rings. The summed E-state index contributed by atoms with van der Waals surface area (Å²) in [6.07, 6.45) is -5.26. The van der Waals surface area contributed by atoms with E-state index in [1.807, 2.05) is 0 Å². The Hall–Kier alpha value is -1.56. The number of aliphatic carboxylic acids is 1. The number of hydrogen-bond acceptors (Lipinski definition) is 2. The SMILES string of the molecule is O=C(O)C(NCCCC(F)(F)F)c1ccccc1. The minimum absolute atomic E-state index is 0.00533. The van der Waals surface area contributed by atoms with Gasteiger partial charge in [-0.3, -0.25) is 4.79 Å². The van der Waals surface area contributed by atoms with E-state index >= 15 is 0 Å². The van der Waals surface area contributed by atoms with Gasteiger partial charge in [0.15, 0.2) is 0 Å². The zero-order chi connectivity index (χ0) is 13.6. The van der Waals surface area contributed by atoms with Crippen molar-refractivity contribution in [2.45, 2.75) is 25.1 Å². The Balaban J connectivity index is 2.48. The number of carboxylic acids is 1. The van der Waals surface area contributed by atoms with E-state index in [4.69, 9.17) is 5.11 Å². The summed E-state index contributed by atoms with van der Waals surface area (Å²) < 4.78 is 35.8. The Bertz CT molecular complexity index is 379. The van der Waals surface area contributed by atoms with Gasteiger partial charge >= 0.3 is 12.1 Å². The summed E-state index contributed by atoms with van der Waals surface area (Å²) in [5, 5.41) is 11.6. The predicted molar refractivity (Wildman–Crippen MR) is 60.1 cm³/mol. The van der Waals surface area contributed by atoms with Crippen molar-refractivity contribution < 1.29 is 23.1 Å². The van der Waals surface area contributed by atoms with Gasteiger partial charge < -0.3 is 10.4 Å². The third-order valence-electron chi connectivity index (χ3n) is 2.37. The van der Waals surface area contributed by atoms with Crippen molar-refractivity contribution in [1.82, 2.24) is 5.32 Å². The van der Waals surface area contributed by atoms with Crippen molar-refractivity contribution in [1.29, 1.82) is 0 Å². The Morgan fingerprint density at radius 2 is 1.89 bits per heavy atom. The molecule has 1 atom stereocenters. The highest BCUT2D eigenvalue weighted by Gasteiger charge is 2.26. The Morgan fingerprint density at radius 1 is 1.28 bits per heavy atom. The van der Waals surface area contributed by atoms with Crippen LogP contribution in [0.15, 0.2) is 30.3 Å². The molecule has 0 heterocycles. The maximum absolute atomic E-state index is 11.9. The molecule has 1 aromatic carbocycles. The Kier molecular flexibility index (Phi) is 5.15. The maximum Gasteiger partial charge on any atom is 0.389 e. The van der Waals surface area contributed by atoms with Crippen LogP contribution in [0, 0.1) is 0 Å². The molecule has 18 heavy (non-hydrogen) atoms. The molecule has 0 bridgehead atoms. The molecule has 0 amide bonds. The summed E-state index contributed by atoms with van der Waals surface area (Å²) in [5.41, 5.74) is 0.525. The fraction of sp³-hybridized carbons (Fsp3) is 0.417. The molecule has 0 fully saturated rings. The van der Waals surface area contributed by atoms with Gasteiger partial charge in [-0.25, -0.2) is 0 Å². The van der Waals surface area contributed by atoms with Crippen LogP contribution < -0.4 is 5.32 Å². The van der Waals surface area contributed by atoms with Gasteiger partial charge in [0, 0.05) is 6.42 Å². The quantitative estimate of drug-likeness (QED) is 0.774. The second-order valence-electron chi connectivity index (χ2n) is 3.85. The number of carbonyl (C=O) groups is 1.